The number of non-ortho nitro benzene ring substituents is 1. The molecule has 72 valence electrons. The molecule has 1 aromatic rings. The minimum absolute atomic E-state index is 0.147. The number of allylic oxidation sites excluding steroid dienone is 1. The highest BCUT2D eigenvalue weighted by molar-refractivity contribution is 5.52. The van der Waals surface area contributed by atoms with Crippen LogP contribution in [0.25, 0.3) is 6.08 Å². The summed E-state index contributed by atoms with van der Waals surface area (Å²) in [6.07, 6.45) is 6.76. The van der Waals surface area contributed by atoms with E-state index in [1.165, 1.54) is 25.0 Å². The van der Waals surface area contributed by atoms with Gasteiger partial charge in [0, 0.05) is 12.1 Å². The molecule has 1 saturated carbocycles. The molecule has 2 rings (SSSR count). The maximum atomic E-state index is 10.4. The van der Waals surface area contributed by atoms with Gasteiger partial charge in [0.15, 0.2) is 0 Å². The van der Waals surface area contributed by atoms with E-state index in [0.717, 1.165) is 11.5 Å². The Morgan fingerprint density at radius 2 is 1.93 bits per heavy atom. The highest BCUT2D eigenvalue weighted by Crippen LogP contribution is 2.30. The number of nitrogens with zero attached hydrogens (tertiary/aromatic N) is 1. The van der Waals surface area contributed by atoms with Crippen molar-refractivity contribution < 1.29 is 4.92 Å². The third-order valence-electron chi connectivity index (χ3n) is 2.29. The quantitative estimate of drug-likeness (QED) is 0.541. The molecule has 1 aliphatic rings. The number of hydrogen-bond donors (Lipinski definition) is 0. The Kier molecular flexibility index (Phi) is 2.31. The molecule has 0 heterocycles. The fourth-order valence-corrected chi connectivity index (χ4v) is 1.24. The van der Waals surface area contributed by atoms with Gasteiger partial charge in [0.05, 0.1) is 4.92 Å². The van der Waals surface area contributed by atoms with Crippen LogP contribution < -0.4 is 0 Å². The van der Waals surface area contributed by atoms with E-state index in [4.69, 9.17) is 0 Å². The van der Waals surface area contributed by atoms with Gasteiger partial charge >= 0.3 is 0 Å². The van der Waals surface area contributed by atoms with Crippen molar-refractivity contribution >= 4 is 11.8 Å². The van der Waals surface area contributed by atoms with Gasteiger partial charge in [-0.3, -0.25) is 10.1 Å². The third kappa shape index (κ3) is 2.19. The number of nitro groups is 1. The van der Waals surface area contributed by atoms with Crippen LogP contribution in [0.4, 0.5) is 5.69 Å². The Morgan fingerprint density at radius 3 is 2.43 bits per heavy atom. The summed E-state index contributed by atoms with van der Waals surface area (Å²) in [5.74, 6) is 0.741. The Morgan fingerprint density at radius 1 is 1.29 bits per heavy atom. The predicted molar refractivity (Wildman–Crippen MR) is 54.9 cm³/mol. The van der Waals surface area contributed by atoms with Crippen LogP contribution in [-0.4, -0.2) is 4.92 Å². The summed E-state index contributed by atoms with van der Waals surface area (Å²) in [6, 6.07) is 6.62. The SMILES string of the molecule is O=[N+]([O-])c1ccc(C=CC2CC2)cc1. The lowest BCUT2D eigenvalue weighted by molar-refractivity contribution is -0.384. The van der Waals surface area contributed by atoms with Crippen molar-refractivity contribution in [2.24, 2.45) is 5.92 Å². The third-order valence-corrected chi connectivity index (χ3v) is 2.29. The average molecular weight is 189 g/mol. The molecule has 3 nitrogen and oxygen atoms in total. The Bertz CT molecular complexity index is 363. The van der Waals surface area contributed by atoms with Crippen LogP contribution in [0.1, 0.15) is 18.4 Å². The fourth-order valence-electron chi connectivity index (χ4n) is 1.24. The van der Waals surface area contributed by atoms with E-state index >= 15 is 0 Å². The zero-order valence-corrected chi connectivity index (χ0v) is 7.72. The van der Waals surface area contributed by atoms with Gasteiger partial charge in [-0.25, -0.2) is 0 Å². The number of benzene rings is 1. The maximum Gasteiger partial charge on any atom is 0.269 e. The zero-order valence-electron chi connectivity index (χ0n) is 7.72. The first-order valence-electron chi connectivity index (χ1n) is 4.68. The van der Waals surface area contributed by atoms with Crippen LogP contribution >= 0.6 is 0 Å². The minimum Gasteiger partial charge on any atom is -0.258 e. The molecule has 14 heavy (non-hydrogen) atoms. The van der Waals surface area contributed by atoms with Gasteiger partial charge in [-0.05, 0) is 36.5 Å². The molecule has 0 spiro atoms. The van der Waals surface area contributed by atoms with Crippen molar-refractivity contribution in [3.05, 3.63) is 46.0 Å². The predicted octanol–water partition coefficient (Wildman–Crippen LogP) is 3.02. The average Bonchev–Trinajstić information content (AvgIpc) is 2.99. The standard InChI is InChI=1S/C11H11NO2/c13-12(14)11-7-5-10(6-8-11)4-3-9-1-2-9/h3-9H,1-2H2. The molecule has 0 N–H and O–H groups in total. The number of nitro benzene ring substituents is 1. The summed E-state index contributed by atoms with van der Waals surface area (Å²) in [6.45, 7) is 0. The molecule has 1 fully saturated rings. The van der Waals surface area contributed by atoms with Crippen LogP contribution in [0.2, 0.25) is 0 Å². The lowest BCUT2D eigenvalue weighted by Crippen LogP contribution is -1.86. The molecular formula is C11H11NO2. The van der Waals surface area contributed by atoms with Gasteiger partial charge in [-0.1, -0.05) is 12.2 Å². The van der Waals surface area contributed by atoms with Gasteiger partial charge < -0.3 is 0 Å². The normalized spacial score (nSPS) is 16.0. The molecule has 0 bridgehead atoms. The first-order valence-corrected chi connectivity index (χ1v) is 4.68. The Balaban J connectivity index is 2.08. The summed E-state index contributed by atoms with van der Waals surface area (Å²) in [7, 11) is 0. The lowest BCUT2D eigenvalue weighted by Gasteiger charge is -1.92. The largest absolute Gasteiger partial charge is 0.269 e. The molecule has 0 saturated heterocycles. The van der Waals surface area contributed by atoms with Crippen LogP contribution in [0.15, 0.2) is 30.3 Å². The second-order valence-electron chi connectivity index (χ2n) is 3.55. The molecule has 0 radical (unpaired) electrons. The molecule has 0 aromatic heterocycles. The second-order valence-corrected chi connectivity index (χ2v) is 3.55. The minimum atomic E-state index is -0.381. The van der Waals surface area contributed by atoms with Crippen molar-refractivity contribution in [2.45, 2.75) is 12.8 Å². The highest BCUT2D eigenvalue weighted by Gasteiger charge is 2.16. The van der Waals surface area contributed by atoms with Crippen molar-refractivity contribution in [3.63, 3.8) is 0 Å². The van der Waals surface area contributed by atoms with Crippen LogP contribution in [0.3, 0.4) is 0 Å². The molecule has 0 aliphatic heterocycles. The first-order chi connectivity index (χ1) is 6.75. The summed E-state index contributed by atoms with van der Waals surface area (Å²) < 4.78 is 0. The molecule has 0 unspecified atom stereocenters. The highest BCUT2D eigenvalue weighted by atomic mass is 16.6. The van der Waals surface area contributed by atoms with Crippen molar-refractivity contribution in [3.8, 4) is 0 Å². The topological polar surface area (TPSA) is 43.1 Å². The molecular weight excluding hydrogens is 178 g/mol. The van der Waals surface area contributed by atoms with E-state index in [1.807, 2.05) is 6.08 Å². The summed E-state index contributed by atoms with van der Waals surface area (Å²) in [5, 5.41) is 10.4. The van der Waals surface area contributed by atoms with Gasteiger partial charge in [-0.2, -0.15) is 0 Å². The van der Waals surface area contributed by atoms with E-state index in [0.29, 0.717) is 0 Å². The van der Waals surface area contributed by atoms with E-state index in [9.17, 15) is 10.1 Å². The maximum absolute atomic E-state index is 10.4. The van der Waals surface area contributed by atoms with E-state index in [1.54, 1.807) is 12.1 Å². The van der Waals surface area contributed by atoms with Crippen molar-refractivity contribution in [1.82, 2.24) is 0 Å². The fraction of sp³-hybridized carbons (Fsp3) is 0.273. The molecule has 1 aliphatic carbocycles. The van der Waals surface area contributed by atoms with Crippen LogP contribution in [-0.2, 0) is 0 Å². The molecule has 0 amide bonds. The van der Waals surface area contributed by atoms with Crippen LogP contribution in [0.5, 0.6) is 0 Å². The second kappa shape index (κ2) is 3.62. The van der Waals surface area contributed by atoms with Gasteiger partial charge in [0.2, 0.25) is 0 Å². The summed E-state index contributed by atoms with van der Waals surface area (Å²) in [5.41, 5.74) is 1.18. The smallest absolute Gasteiger partial charge is 0.258 e. The van der Waals surface area contributed by atoms with E-state index < -0.39 is 0 Å². The van der Waals surface area contributed by atoms with Gasteiger partial charge in [-0.15, -0.1) is 0 Å². The van der Waals surface area contributed by atoms with Gasteiger partial charge in [0.25, 0.3) is 5.69 Å². The summed E-state index contributed by atoms with van der Waals surface area (Å²) >= 11 is 0. The van der Waals surface area contributed by atoms with E-state index in [-0.39, 0.29) is 10.6 Å². The molecule has 1 aromatic carbocycles. The number of rotatable bonds is 3. The molecule has 0 atom stereocenters. The Hall–Kier alpha value is -1.64. The first kappa shape index (κ1) is 8.94. The zero-order chi connectivity index (χ0) is 9.97. The lowest BCUT2D eigenvalue weighted by atomic mass is 10.2. The van der Waals surface area contributed by atoms with Crippen LogP contribution in [0, 0.1) is 16.0 Å². The van der Waals surface area contributed by atoms with Gasteiger partial charge in [0.1, 0.15) is 0 Å². The number of hydrogen-bond acceptors (Lipinski definition) is 2. The van der Waals surface area contributed by atoms with Crippen molar-refractivity contribution in [1.29, 1.82) is 0 Å². The molecule has 3 heteroatoms. The Labute approximate surface area is 82.2 Å². The monoisotopic (exact) mass is 189 g/mol. The van der Waals surface area contributed by atoms with Crippen molar-refractivity contribution in [2.75, 3.05) is 0 Å². The summed E-state index contributed by atoms with van der Waals surface area (Å²) in [4.78, 5) is 10.00. The van der Waals surface area contributed by atoms with E-state index in [2.05, 4.69) is 6.08 Å².